The Labute approximate surface area is 112 Å². The summed E-state index contributed by atoms with van der Waals surface area (Å²) in [6.07, 6.45) is 0. The van der Waals surface area contributed by atoms with Gasteiger partial charge in [0.15, 0.2) is 0 Å². The lowest BCUT2D eigenvalue weighted by atomic mass is 10.1. The van der Waals surface area contributed by atoms with Crippen molar-refractivity contribution in [2.24, 2.45) is 0 Å². The monoisotopic (exact) mass is 280 g/mol. The van der Waals surface area contributed by atoms with Gasteiger partial charge in [-0.15, -0.1) is 0 Å². The van der Waals surface area contributed by atoms with Gasteiger partial charge in [0.2, 0.25) is 0 Å². The molecule has 2 aromatic rings. The van der Waals surface area contributed by atoms with Gasteiger partial charge in [0.1, 0.15) is 17.9 Å². The normalized spacial score (nSPS) is 10.4. The molecule has 0 saturated heterocycles. The van der Waals surface area contributed by atoms with Gasteiger partial charge in [0.25, 0.3) is 0 Å². The van der Waals surface area contributed by atoms with E-state index in [-0.39, 0.29) is 11.4 Å². The first-order valence-electron chi connectivity index (χ1n) is 5.26. The number of halogens is 1. The van der Waals surface area contributed by atoms with Crippen molar-refractivity contribution < 1.29 is 19.8 Å². The van der Waals surface area contributed by atoms with Gasteiger partial charge in [-0.1, -0.05) is 11.6 Å². The van der Waals surface area contributed by atoms with Crippen LogP contribution in [-0.4, -0.2) is 33.7 Å². The minimum atomic E-state index is -1.19. The van der Waals surface area contributed by atoms with Crippen LogP contribution >= 0.6 is 11.6 Å². The SMILES string of the molecule is O=C(O)CNc1nc2ccc(Cl)cc2cc1C(=O)O. The molecule has 0 aliphatic rings. The zero-order valence-electron chi connectivity index (χ0n) is 9.55. The van der Waals surface area contributed by atoms with E-state index in [1.165, 1.54) is 6.07 Å². The van der Waals surface area contributed by atoms with Gasteiger partial charge in [-0.3, -0.25) is 4.79 Å². The second-order valence-corrected chi connectivity index (χ2v) is 4.21. The number of fused-ring (bicyclic) bond motifs is 1. The first-order chi connectivity index (χ1) is 8.97. The molecule has 0 radical (unpaired) electrons. The van der Waals surface area contributed by atoms with E-state index in [9.17, 15) is 9.59 Å². The van der Waals surface area contributed by atoms with Crippen LogP contribution in [0.4, 0.5) is 5.82 Å². The Kier molecular flexibility index (Phi) is 3.52. The van der Waals surface area contributed by atoms with Crippen LogP contribution in [0.15, 0.2) is 24.3 Å². The number of aromatic nitrogens is 1. The van der Waals surface area contributed by atoms with Gasteiger partial charge >= 0.3 is 11.9 Å². The molecule has 6 nitrogen and oxygen atoms in total. The van der Waals surface area contributed by atoms with Gasteiger partial charge in [-0.2, -0.15) is 0 Å². The topological polar surface area (TPSA) is 99.5 Å². The van der Waals surface area contributed by atoms with E-state index in [4.69, 9.17) is 21.8 Å². The van der Waals surface area contributed by atoms with E-state index in [1.807, 2.05) is 0 Å². The minimum Gasteiger partial charge on any atom is -0.480 e. The van der Waals surface area contributed by atoms with E-state index < -0.39 is 18.5 Å². The van der Waals surface area contributed by atoms with Crippen LogP contribution in [0, 0.1) is 0 Å². The number of carbonyl (C=O) groups is 2. The minimum absolute atomic E-state index is 0.0183. The second kappa shape index (κ2) is 5.11. The lowest BCUT2D eigenvalue weighted by Gasteiger charge is -2.08. The van der Waals surface area contributed by atoms with E-state index in [2.05, 4.69) is 10.3 Å². The number of rotatable bonds is 4. The Morgan fingerprint density at radius 1 is 1.26 bits per heavy atom. The number of pyridine rings is 1. The fourth-order valence-corrected chi connectivity index (χ4v) is 1.78. The molecule has 0 bridgehead atoms. The summed E-state index contributed by atoms with van der Waals surface area (Å²) in [5, 5.41) is 21.2. The van der Waals surface area contributed by atoms with Crippen molar-refractivity contribution in [3.63, 3.8) is 0 Å². The number of hydrogen-bond acceptors (Lipinski definition) is 4. The van der Waals surface area contributed by atoms with Crippen LogP contribution < -0.4 is 5.32 Å². The predicted octanol–water partition coefficient (Wildman–Crippen LogP) is 2.08. The zero-order valence-corrected chi connectivity index (χ0v) is 10.3. The Balaban J connectivity index is 2.54. The molecule has 0 saturated carbocycles. The number of carboxylic acid groups (broad SMARTS) is 2. The highest BCUT2D eigenvalue weighted by Crippen LogP contribution is 2.23. The average Bonchev–Trinajstić information content (AvgIpc) is 2.35. The maximum atomic E-state index is 11.1. The highest BCUT2D eigenvalue weighted by atomic mass is 35.5. The van der Waals surface area contributed by atoms with E-state index in [0.29, 0.717) is 15.9 Å². The third-order valence-electron chi connectivity index (χ3n) is 2.41. The van der Waals surface area contributed by atoms with E-state index in [1.54, 1.807) is 18.2 Å². The molecule has 0 unspecified atom stereocenters. The van der Waals surface area contributed by atoms with Gasteiger partial charge < -0.3 is 15.5 Å². The largest absolute Gasteiger partial charge is 0.480 e. The summed E-state index contributed by atoms with van der Waals surface area (Å²) in [5.41, 5.74) is 0.429. The summed E-state index contributed by atoms with van der Waals surface area (Å²) >= 11 is 5.82. The fourth-order valence-electron chi connectivity index (χ4n) is 1.60. The summed E-state index contributed by atoms with van der Waals surface area (Å²) < 4.78 is 0. The number of nitrogens with one attached hydrogen (secondary N) is 1. The van der Waals surface area contributed by atoms with Crippen molar-refractivity contribution in [3.05, 3.63) is 34.9 Å². The number of benzene rings is 1. The summed E-state index contributed by atoms with van der Waals surface area (Å²) in [5.74, 6) is -2.28. The van der Waals surface area contributed by atoms with Crippen LogP contribution in [0.2, 0.25) is 5.02 Å². The van der Waals surface area contributed by atoms with Crippen LogP contribution in [0.5, 0.6) is 0 Å². The molecule has 98 valence electrons. The Morgan fingerprint density at radius 2 is 2.00 bits per heavy atom. The Bertz CT molecular complexity index is 672. The van der Waals surface area contributed by atoms with Crippen LogP contribution in [0.1, 0.15) is 10.4 Å². The third-order valence-corrected chi connectivity index (χ3v) is 2.65. The summed E-state index contributed by atoms with van der Waals surface area (Å²) in [6.45, 7) is -0.410. The Morgan fingerprint density at radius 3 is 2.63 bits per heavy atom. The number of anilines is 1. The first kappa shape index (κ1) is 13.1. The van der Waals surface area contributed by atoms with Crippen LogP contribution in [0.3, 0.4) is 0 Å². The van der Waals surface area contributed by atoms with Crippen molar-refractivity contribution in [2.75, 3.05) is 11.9 Å². The van der Waals surface area contributed by atoms with Crippen molar-refractivity contribution in [1.82, 2.24) is 4.98 Å². The van der Waals surface area contributed by atoms with Gasteiger partial charge in [-0.05, 0) is 24.3 Å². The molecule has 0 amide bonds. The molecule has 19 heavy (non-hydrogen) atoms. The quantitative estimate of drug-likeness (QED) is 0.793. The highest BCUT2D eigenvalue weighted by Gasteiger charge is 2.14. The molecule has 2 rings (SSSR count). The maximum Gasteiger partial charge on any atom is 0.339 e. The summed E-state index contributed by atoms with van der Waals surface area (Å²) in [6, 6.07) is 6.26. The number of nitrogens with zero attached hydrogens (tertiary/aromatic N) is 1. The molecule has 3 N–H and O–H groups in total. The highest BCUT2D eigenvalue weighted by molar-refractivity contribution is 6.31. The molecule has 0 spiro atoms. The van der Waals surface area contributed by atoms with Crippen molar-refractivity contribution in [3.8, 4) is 0 Å². The third kappa shape index (κ3) is 2.92. The molecule has 0 aliphatic carbocycles. The van der Waals surface area contributed by atoms with Crippen molar-refractivity contribution in [2.45, 2.75) is 0 Å². The molecule has 1 aromatic carbocycles. The van der Waals surface area contributed by atoms with E-state index >= 15 is 0 Å². The average molecular weight is 281 g/mol. The van der Waals surface area contributed by atoms with Gasteiger partial charge in [0.05, 0.1) is 5.52 Å². The number of aromatic carboxylic acids is 1. The fraction of sp³-hybridized carbons (Fsp3) is 0.0833. The van der Waals surface area contributed by atoms with E-state index in [0.717, 1.165) is 0 Å². The van der Waals surface area contributed by atoms with Gasteiger partial charge in [-0.25, -0.2) is 9.78 Å². The van der Waals surface area contributed by atoms with Gasteiger partial charge in [0, 0.05) is 10.4 Å². The molecular weight excluding hydrogens is 272 g/mol. The smallest absolute Gasteiger partial charge is 0.339 e. The second-order valence-electron chi connectivity index (χ2n) is 3.77. The molecular formula is C12H9ClN2O4. The number of carboxylic acids is 2. The van der Waals surface area contributed by atoms with Crippen molar-refractivity contribution >= 4 is 40.3 Å². The predicted molar refractivity (Wildman–Crippen MR) is 69.8 cm³/mol. The lowest BCUT2D eigenvalue weighted by molar-refractivity contribution is -0.134. The first-order valence-corrected chi connectivity index (χ1v) is 5.64. The standard InChI is InChI=1S/C12H9ClN2O4/c13-7-1-2-9-6(3-7)4-8(12(18)19)11(15-9)14-5-10(16)17/h1-4H,5H2,(H,14,15)(H,16,17)(H,18,19). The van der Waals surface area contributed by atoms with Crippen LogP contribution in [-0.2, 0) is 4.79 Å². The molecule has 0 atom stereocenters. The number of aliphatic carboxylic acids is 1. The summed E-state index contributed by atoms with van der Waals surface area (Å²) in [7, 11) is 0. The summed E-state index contributed by atoms with van der Waals surface area (Å²) in [4.78, 5) is 25.7. The molecule has 0 fully saturated rings. The zero-order chi connectivity index (χ0) is 14.0. The number of hydrogen-bond donors (Lipinski definition) is 3. The molecule has 0 aliphatic heterocycles. The maximum absolute atomic E-state index is 11.1. The molecule has 1 aromatic heterocycles. The Hall–Kier alpha value is -2.34. The van der Waals surface area contributed by atoms with Crippen LogP contribution in [0.25, 0.3) is 10.9 Å². The molecule has 7 heteroatoms. The lowest BCUT2D eigenvalue weighted by Crippen LogP contribution is -2.16. The van der Waals surface area contributed by atoms with Crippen molar-refractivity contribution in [1.29, 1.82) is 0 Å². The molecule has 1 heterocycles.